The molecule has 0 aliphatic carbocycles. The molecule has 4 heteroatoms. The van der Waals surface area contributed by atoms with Crippen LogP contribution in [-0.4, -0.2) is 12.5 Å². The molecule has 104 valence electrons. The molecule has 1 N–H and O–H groups in total. The number of benzene rings is 2. The van der Waals surface area contributed by atoms with Crippen molar-refractivity contribution >= 4 is 40.1 Å². The third kappa shape index (κ3) is 3.96. The summed E-state index contributed by atoms with van der Waals surface area (Å²) < 4.78 is 0.903. The Morgan fingerprint density at radius 1 is 1.25 bits per heavy atom. The number of halogens is 2. The van der Waals surface area contributed by atoms with Crippen molar-refractivity contribution in [3.05, 3.63) is 67.7 Å². The Bertz CT molecular complexity index is 628. The number of hydrogen-bond donors (Lipinski definition) is 1. The number of nitrogens with one attached hydrogen (secondary N) is 1. The highest BCUT2D eigenvalue weighted by atomic mass is 127. The van der Waals surface area contributed by atoms with Gasteiger partial charge in [0.15, 0.2) is 0 Å². The first-order valence-electron chi connectivity index (χ1n) is 6.35. The Hall–Kier alpha value is -1.07. The number of amides is 1. The molecule has 2 aromatic rings. The lowest BCUT2D eigenvalue weighted by Crippen LogP contribution is -2.26. The molecule has 0 radical (unpaired) electrons. The van der Waals surface area contributed by atoms with Crippen molar-refractivity contribution in [2.24, 2.45) is 0 Å². The summed E-state index contributed by atoms with van der Waals surface area (Å²) >= 11 is 8.07. The lowest BCUT2D eigenvalue weighted by atomic mass is 10.1. The zero-order valence-corrected chi connectivity index (χ0v) is 14.0. The van der Waals surface area contributed by atoms with E-state index in [1.165, 1.54) is 11.1 Å². The van der Waals surface area contributed by atoms with Crippen molar-refractivity contribution in [1.29, 1.82) is 0 Å². The third-order valence-corrected chi connectivity index (χ3v) is 4.29. The minimum absolute atomic E-state index is 0.0783. The van der Waals surface area contributed by atoms with Crippen molar-refractivity contribution < 1.29 is 4.79 Å². The van der Waals surface area contributed by atoms with Crippen LogP contribution in [-0.2, 0) is 6.42 Å². The molecule has 0 aliphatic heterocycles. The van der Waals surface area contributed by atoms with Crippen LogP contribution in [0, 0.1) is 10.5 Å². The van der Waals surface area contributed by atoms with Crippen molar-refractivity contribution in [2.45, 2.75) is 13.3 Å². The van der Waals surface area contributed by atoms with Gasteiger partial charge in [-0.15, -0.1) is 0 Å². The largest absolute Gasteiger partial charge is 0.352 e. The highest BCUT2D eigenvalue weighted by Crippen LogP contribution is 2.17. The van der Waals surface area contributed by atoms with Crippen molar-refractivity contribution in [3.63, 3.8) is 0 Å². The second-order valence-corrected chi connectivity index (χ2v) is 6.16. The van der Waals surface area contributed by atoms with Gasteiger partial charge in [0.25, 0.3) is 5.91 Å². The highest BCUT2D eigenvalue weighted by Gasteiger charge is 2.10. The average molecular weight is 400 g/mol. The van der Waals surface area contributed by atoms with Gasteiger partial charge in [0.2, 0.25) is 0 Å². The molecule has 0 heterocycles. The van der Waals surface area contributed by atoms with Crippen LogP contribution in [0.5, 0.6) is 0 Å². The SMILES string of the molecule is Cc1ccccc1CCNC(=O)c1cc(Cl)ccc1I. The molecular weight excluding hydrogens is 385 g/mol. The van der Waals surface area contributed by atoms with Gasteiger partial charge < -0.3 is 5.32 Å². The first-order valence-corrected chi connectivity index (χ1v) is 7.81. The van der Waals surface area contributed by atoms with Crippen LogP contribution in [0.15, 0.2) is 42.5 Å². The fraction of sp³-hybridized carbons (Fsp3) is 0.188. The molecule has 2 rings (SSSR count). The van der Waals surface area contributed by atoms with Gasteiger partial charge in [-0.05, 0) is 65.3 Å². The van der Waals surface area contributed by atoms with E-state index in [0.717, 1.165) is 9.99 Å². The summed E-state index contributed by atoms with van der Waals surface area (Å²) in [5.41, 5.74) is 3.13. The van der Waals surface area contributed by atoms with Crippen LogP contribution in [0.25, 0.3) is 0 Å². The van der Waals surface area contributed by atoms with E-state index in [9.17, 15) is 4.79 Å². The predicted octanol–water partition coefficient (Wildman–Crippen LogP) is 4.23. The highest BCUT2D eigenvalue weighted by molar-refractivity contribution is 14.1. The maximum absolute atomic E-state index is 12.1. The maximum Gasteiger partial charge on any atom is 0.252 e. The molecule has 0 aromatic heterocycles. The van der Waals surface area contributed by atoms with Crippen LogP contribution >= 0.6 is 34.2 Å². The smallest absolute Gasteiger partial charge is 0.252 e. The Balaban J connectivity index is 1.96. The first-order chi connectivity index (χ1) is 9.58. The average Bonchev–Trinajstić information content (AvgIpc) is 2.43. The zero-order chi connectivity index (χ0) is 14.5. The number of carbonyl (C=O) groups is 1. The Morgan fingerprint density at radius 2 is 2.00 bits per heavy atom. The van der Waals surface area contributed by atoms with E-state index >= 15 is 0 Å². The standard InChI is InChI=1S/C16H15ClINO/c1-11-4-2-3-5-12(11)8-9-19-16(20)14-10-13(17)6-7-15(14)18/h2-7,10H,8-9H2,1H3,(H,19,20). The molecule has 0 saturated carbocycles. The quantitative estimate of drug-likeness (QED) is 0.766. The van der Waals surface area contributed by atoms with E-state index in [1.807, 2.05) is 18.2 Å². The molecule has 2 aromatic carbocycles. The molecule has 0 bridgehead atoms. The van der Waals surface area contributed by atoms with Crippen LogP contribution in [0.2, 0.25) is 5.02 Å². The van der Waals surface area contributed by atoms with E-state index in [-0.39, 0.29) is 5.91 Å². The molecule has 0 atom stereocenters. The van der Waals surface area contributed by atoms with Crippen molar-refractivity contribution in [2.75, 3.05) is 6.54 Å². The second kappa shape index (κ2) is 7.09. The molecule has 20 heavy (non-hydrogen) atoms. The van der Waals surface area contributed by atoms with Gasteiger partial charge in [0, 0.05) is 15.1 Å². The molecule has 0 fully saturated rings. The summed E-state index contributed by atoms with van der Waals surface area (Å²) in [5.74, 6) is -0.0783. The number of hydrogen-bond acceptors (Lipinski definition) is 1. The van der Waals surface area contributed by atoms with Gasteiger partial charge >= 0.3 is 0 Å². The normalized spacial score (nSPS) is 10.3. The van der Waals surface area contributed by atoms with Gasteiger partial charge in [0.05, 0.1) is 5.56 Å². The lowest BCUT2D eigenvalue weighted by Gasteiger charge is -2.09. The summed E-state index contributed by atoms with van der Waals surface area (Å²) in [4.78, 5) is 12.1. The topological polar surface area (TPSA) is 29.1 Å². The second-order valence-electron chi connectivity index (χ2n) is 4.56. The fourth-order valence-corrected chi connectivity index (χ4v) is 2.72. The summed E-state index contributed by atoms with van der Waals surface area (Å²) in [5, 5.41) is 3.52. The fourth-order valence-electron chi connectivity index (χ4n) is 1.97. The Labute approximate surface area is 137 Å². The summed E-state index contributed by atoms with van der Waals surface area (Å²) in [7, 11) is 0. The Kier molecular flexibility index (Phi) is 5.43. The third-order valence-electron chi connectivity index (χ3n) is 3.11. The predicted molar refractivity (Wildman–Crippen MR) is 91.4 cm³/mol. The van der Waals surface area contributed by atoms with Crippen LogP contribution in [0.1, 0.15) is 21.5 Å². The van der Waals surface area contributed by atoms with Crippen LogP contribution in [0.3, 0.4) is 0 Å². The van der Waals surface area contributed by atoms with E-state index in [0.29, 0.717) is 17.1 Å². The van der Waals surface area contributed by atoms with Crippen molar-refractivity contribution in [3.8, 4) is 0 Å². The van der Waals surface area contributed by atoms with Gasteiger partial charge in [0.1, 0.15) is 0 Å². The molecule has 2 nitrogen and oxygen atoms in total. The summed E-state index contributed by atoms with van der Waals surface area (Å²) in [6.07, 6.45) is 0.829. The molecule has 1 amide bonds. The monoisotopic (exact) mass is 399 g/mol. The number of rotatable bonds is 4. The molecule has 0 spiro atoms. The zero-order valence-electron chi connectivity index (χ0n) is 11.1. The van der Waals surface area contributed by atoms with E-state index in [4.69, 9.17) is 11.6 Å². The molecule has 0 unspecified atom stereocenters. The minimum Gasteiger partial charge on any atom is -0.352 e. The molecular formula is C16H15ClINO. The summed E-state index contributed by atoms with van der Waals surface area (Å²) in [6.45, 7) is 2.70. The number of carbonyl (C=O) groups excluding carboxylic acids is 1. The Morgan fingerprint density at radius 3 is 2.75 bits per heavy atom. The van der Waals surface area contributed by atoms with Gasteiger partial charge in [-0.1, -0.05) is 35.9 Å². The molecule has 0 aliphatic rings. The van der Waals surface area contributed by atoms with Crippen LogP contribution in [0.4, 0.5) is 0 Å². The van der Waals surface area contributed by atoms with E-state index in [1.54, 1.807) is 12.1 Å². The van der Waals surface area contributed by atoms with E-state index in [2.05, 4.69) is 47.0 Å². The molecule has 0 saturated heterocycles. The lowest BCUT2D eigenvalue weighted by molar-refractivity contribution is 0.0953. The van der Waals surface area contributed by atoms with Gasteiger partial charge in [-0.2, -0.15) is 0 Å². The van der Waals surface area contributed by atoms with Crippen molar-refractivity contribution in [1.82, 2.24) is 5.32 Å². The van der Waals surface area contributed by atoms with E-state index < -0.39 is 0 Å². The minimum atomic E-state index is -0.0783. The van der Waals surface area contributed by atoms with Crippen LogP contribution < -0.4 is 5.32 Å². The summed E-state index contributed by atoms with van der Waals surface area (Å²) in [6, 6.07) is 13.5. The van der Waals surface area contributed by atoms with Gasteiger partial charge in [-0.25, -0.2) is 0 Å². The number of aryl methyl sites for hydroxylation is 1. The first kappa shape index (κ1) is 15.3. The van der Waals surface area contributed by atoms with Gasteiger partial charge in [-0.3, -0.25) is 4.79 Å². The maximum atomic E-state index is 12.1.